The van der Waals surface area contributed by atoms with E-state index in [2.05, 4.69) is 23.7 Å². The minimum Gasteiger partial charge on any atom is -0.206 e. The summed E-state index contributed by atoms with van der Waals surface area (Å²) in [6.45, 7) is 1.61. The Morgan fingerprint density at radius 1 is 0.548 bits per heavy atom. The molecule has 0 radical (unpaired) electrons. The summed E-state index contributed by atoms with van der Waals surface area (Å²) in [5.41, 5.74) is 2.19. The van der Waals surface area contributed by atoms with Crippen molar-refractivity contribution in [3.8, 4) is 23.7 Å². The summed E-state index contributed by atoms with van der Waals surface area (Å²) in [5, 5.41) is 0.766. The number of aryl methyl sites for hydroxylation is 1. The third-order valence-electron chi connectivity index (χ3n) is 4.66. The maximum atomic E-state index is 13.9. The predicted molar refractivity (Wildman–Crippen MR) is 113 cm³/mol. The zero-order valence-corrected chi connectivity index (χ0v) is 16.4. The molecule has 4 aromatic rings. The average molecular weight is 414 g/mol. The summed E-state index contributed by atoms with van der Waals surface area (Å²) in [6.07, 6.45) is 0. The third kappa shape index (κ3) is 4.44. The van der Waals surface area contributed by atoms with Gasteiger partial charge in [0, 0.05) is 22.1 Å². The maximum Gasteiger partial charge on any atom is 0.166 e. The van der Waals surface area contributed by atoms with Gasteiger partial charge >= 0.3 is 0 Å². The van der Waals surface area contributed by atoms with E-state index in [0.29, 0.717) is 27.6 Å². The molecule has 0 atom stereocenters. The van der Waals surface area contributed by atoms with Gasteiger partial charge in [0.2, 0.25) is 0 Å². The highest BCUT2D eigenvalue weighted by Crippen LogP contribution is 2.21. The van der Waals surface area contributed by atoms with Gasteiger partial charge in [0.1, 0.15) is 11.6 Å². The second-order valence-electron chi connectivity index (χ2n) is 6.98. The van der Waals surface area contributed by atoms with Gasteiger partial charge in [-0.15, -0.1) is 0 Å². The van der Waals surface area contributed by atoms with Crippen LogP contribution in [0.25, 0.3) is 10.8 Å². The molecule has 0 nitrogen and oxygen atoms in total. The first-order valence-corrected chi connectivity index (χ1v) is 9.38. The summed E-state index contributed by atoms with van der Waals surface area (Å²) in [5.74, 6) is 8.12. The van der Waals surface area contributed by atoms with Crippen LogP contribution in [0.4, 0.5) is 17.6 Å². The van der Waals surface area contributed by atoms with Crippen LogP contribution in [0.1, 0.15) is 27.8 Å². The van der Waals surface area contributed by atoms with Gasteiger partial charge in [-0.25, -0.2) is 17.6 Å². The maximum absolute atomic E-state index is 13.9. The Kier molecular flexibility index (Phi) is 5.48. The fourth-order valence-electron chi connectivity index (χ4n) is 3.08. The number of halogens is 4. The molecule has 0 spiro atoms. The molecule has 0 amide bonds. The van der Waals surface area contributed by atoms with E-state index in [0.717, 1.165) is 6.07 Å². The van der Waals surface area contributed by atoms with Crippen LogP contribution in [0, 0.1) is 53.9 Å². The smallest absolute Gasteiger partial charge is 0.166 e. The Bertz CT molecular complexity index is 1400. The molecule has 0 heterocycles. The Morgan fingerprint density at radius 2 is 1.10 bits per heavy atom. The van der Waals surface area contributed by atoms with E-state index < -0.39 is 23.3 Å². The highest BCUT2D eigenvalue weighted by molar-refractivity contribution is 5.84. The summed E-state index contributed by atoms with van der Waals surface area (Å²) in [6, 6.07) is 16.8. The van der Waals surface area contributed by atoms with Crippen molar-refractivity contribution in [3.05, 3.63) is 118 Å². The quantitative estimate of drug-likeness (QED) is 0.227. The van der Waals surface area contributed by atoms with Crippen molar-refractivity contribution in [1.82, 2.24) is 0 Å². The van der Waals surface area contributed by atoms with Crippen molar-refractivity contribution in [3.63, 3.8) is 0 Å². The van der Waals surface area contributed by atoms with Gasteiger partial charge in [-0.05, 0) is 72.5 Å². The molecule has 4 heteroatoms. The Hall–Kier alpha value is -4.02. The highest BCUT2D eigenvalue weighted by Gasteiger charge is 2.07. The van der Waals surface area contributed by atoms with E-state index in [-0.39, 0.29) is 10.9 Å². The SMILES string of the molecule is Cc1cc(F)c(C#Cc2ccc(C#Cc3ccc4c(F)c(F)ccc4c3)cc2)c(F)c1. The van der Waals surface area contributed by atoms with Crippen LogP contribution in [0.15, 0.2) is 66.7 Å². The number of hydrogen-bond donors (Lipinski definition) is 0. The van der Waals surface area contributed by atoms with Crippen molar-refractivity contribution in [2.75, 3.05) is 0 Å². The molecule has 0 saturated carbocycles. The largest absolute Gasteiger partial charge is 0.206 e. The zero-order valence-electron chi connectivity index (χ0n) is 16.4. The first-order chi connectivity index (χ1) is 14.9. The normalized spacial score (nSPS) is 10.2. The molecule has 0 unspecified atom stereocenters. The molecular weight excluding hydrogens is 400 g/mol. The molecule has 0 aliphatic carbocycles. The van der Waals surface area contributed by atoms with Crippen LogP contribution in [0.2, 0.25) is 0 Å². The van der Waals surface area contributed by atoms with Gasteiger partial charge in [0.05, 0.1) is 5.56 Å². The Balaban J connectivity index is 1.55. The second-order valence-corrected chi connectivity index (χ2v) is 6.98. The fourth-order valence-corrected chi connectivity index (χ4v) is 3.08. The predicted octanol–water partition coefficient (Wildman–Crippen LogP) is 6.50. The topological polar surface area (TPSA) is 0 Å². The molecular formula is C27H14F4. The van der Waals surface area contributed by atoms with E-state index in [1.807, 2.05) is 0 Å². The van der Waals surface area contributed by atoms with Crippen molar-refractivity contribution in [2.45, 2.75) is 6.92 Å². The summed E-state index contributed by atoms with van der Waals surface area (Å²) < 4.78 is 54.9. The van der Waals surface area contributed by atoms with Gasteiger partial charge in [0.15, 0.2) is 11.6 Å². The van der Waals surface area contributed by atoms with Crippen molar-refractivity contribution < 1.29 is 17.6 Å². The molecule has 0 saturated heterocycles. The minimum atomic E-state index is -0.887. The lowest BCUT2D eigenvalue weighted by molar-refractivity contribution is 0.517. The number of benzene rings is 4. The number of hydrogen-bond acceptors (Lipinski definition) is 0. The molecule has 0 aliphatic heterocycles. The van der Waals surface area contributed by atoms with Crippen molar-refractivity contribution in [1.29, 1.82) is 0 Å². The van der Waals surface area contributed by atoms with Crippen molar-refractivity contribution >= 4 is 10.8 Å². The van der Waals surface area contributed by atoms with Crippen LogP contribution in [-0.4, -0.2) is 0 Å². The fraction of sp³-hybridized carbons (Fsp3) is 0.0370. The Morgan fingerprint density at radius 3 is 1.74 bits per heavy atom. The molecule has 4 aromatic carbocycles. The van der Waals surface area contributed by atoms with E-state index in [9.17, 15) is 17.6 Å². The first-order valence-electron chi connectivity index (χ1n) is 9.38. The molecule has 0 bridgehead atoms. The van der Waals surface area contributed by atoms with Crippen LogP contribution in [0.5, 0.6) is 0 Å². The zero-order chi connectivity index (χ0) is 22.0. The van der Waals surface area contributed by atoms with E-state index in [1.165, 1.54) is 24.3 Å². The highest BCUT2D eigenvalue weighted by atomic mass is 19.2. The van der Waals surface area contributed by atoms with Crippen LogP contribution in [-0.2, 0) is 0 Å². The van der Waals surface area contributed by atoms with Crippen molar-refractivity contribution in [2.24, 2.45) is 0 Å². The molecule has 0 aromatic heterocycles. The van der Waals surface area contributed by atoms with E-state index in [4.69, 9.17) is 0 Å². The Labute approximate surface area is 177 Å². The van der Waals surface area contributed by atoms with E-state index >= 15 is 0 Å². The van der Waals surface area contributed by atoms with Gasteiger partial charge < -0.3 is 0 Å². The van der Waals surface area contributed by atoms with Crippen LogP contribution < -0.4 is 0 Å². The molecule has 31 heavy (non-hydrogen) atoms. The van der Waals surface area contributed by atoms with Gasteiger partial charge in [-0.1, -0.05) is 35.8 Å². The van der Waals surface area contributed by atoms with E-state index in [1.54, 1.807) is 43.3 Å². The lowest BCUT2D eigenvalue weighted by atomic mass is 10.1. The lowest BCUT2D eigenvalue weighted by Crippen LogP contribution is -1.91. The number of rotatable bonds is 0. The summed E-state index contributed by atoms with van der Waals surface area (Å²) >= 11 is 0. The van der Waals surface area contributed by atoms with Gasteiger partial charge in [-0.3, -0.25) is 0 Å². The standard InChI is InChI=1S/C27H14F4/c1-17-14-25(29)23(26(30)15-17)12-8-19-4-2-18(3-5-19)6-7-20-9-11-22-21(16-20)10-13-24(28)27(22)31/h2-5,9-11,13-16H,1H3. The monoisotopic (exact) mass is 414 g/mol. The molecule has 150 valence electrons. The van der Waals surface area contributed by atoms with Gasteiger partial charge in [-0.2, -0.15) is 0 Å². The van der Waals surface area contributed by atoms with Crippen LogP contribution in [0.3, 0.4) is 0 Å². The molecule has 0 N–H and O–H groups in total. The molecule has 0 aliphatic rings. The molecule has 0 fully saturated rings. The minimum absolute atomic E-state index is 0.204. The van der Waals surface area contributed by atoms with Crippen LogP contribution >= 0.6 is 0 Å². The summed E-state index contributed by atoms with van der Waals surface area (Å²) in [4.78, 5) is 0. The first kappa shape index (κ1) is 20.3. The average Bonchev–Trinajstić information content (AvgIpc) is 2.75. The molecule has 4 rings (SSSR count). The lowest BCUT2D eigenvalue weighted by Gasteiger charge is -2.01. The second kappa shape index (κ2) is 8.38. The third-order valence-corrected chi connectivity index (χ3v) is 4.66. The summed E-state index contributed by atoms with van der Waals surface area (Å²) in [7, 11) is 0. The van der Waals surface area contributed by atoms with Gasteiger partial charge in [0.25, 0.3) is 0 Å². The number of fused-ring (bicyclic) bond motifs is 1.